The number of benzene rings is 2. The van der Waals surface area contributed by atoms with Crippen molar-refractivity contribution in [2.24, 2.45) is 0 Å². The summed E-state index contributed by atoms with van der Waals surface area (Å²) in [4.78, 5) is 0. The van der Waals surface area contributed by atoms with E-state index in [2.05, 4.69) is 31.9 Å². The van der Waals surface area contributed by atoms with Crippen LogP contribution in [0.25, 0.3) is 0 Å². The summed E-state index contributed by atoms with van der Waals surface area (Å²) in [5, 5.41) is 0. The van der Waals surface area contributed by atoms with Gasteiger partial charge in [0.25, 0.3) is 0 Å². The summed E-state index contributed by atoms with van der Waals surface area (Å²) >= 11 is 6.71. The van der Waals surface area contributed by atoms with Gasteiger partial charge in [0.2, 0.25) is 0 Å². The Morgan fingerprint density at radius 1 is 1.00 bits per heavy atom. The molecule has 2 rings (SSSR count). The van der Waals surface area contributed by atoms with Crippen LogP contribution >= 0.6 is 31.9 Å². The van der Waals surface area contributed by atoms with Gasteiger partial charge in [-0.1, -0.05) is 34.1 Å². The smallest absolute Gasteiger partial charge is 0.133 e. The van der Waals surface area contributed by atoms with Crippen molar-refractivity contribution >= 4 is 31.9 Å². The maximum absolute atomic E-state index is 12.9. The first-order chi connectivity index (χ1) is 8.16. The van der Waals surface area contributed by atoms with E-state index in [-0.39, 0.29) is 5.82 Å². The molecule has 1 nitrogen and oxygen atoms in total. The lowest BCUT2D eigenvalue weighted by atomic mass is 10.2. The molecular formula is C13H9Br2FO. The Hall–Kier alpha value is -0.870. The summed E-state index contributed by atoms with van der Waals surface area (Å²) in [6.07, 6.45) is 0. The van der Waals surface area contributed by atoms with Crippen molar-refractivity contribution in [3.8, 4) is 5.75 Å². The molecular weight excluding hydrogens is 351 g/mol. The minimum absolute atomic E-state index is 0.262. The van der Waals surface area contributed by atoms with Crippen LogP contribution < -0.4 is 4.74 Å². The molecule has 88 valence electrons. The highest BCUT2D eigenvalue weighted by molar-refractivity contribution is 9.10. The largest absolute Gasteiger partial charge is 0.488 e. The highest BCUT2D eigenvalue weighted by atomic mass is 79.9. The molecule has 0 aliphatic heterocycles. The van der Waals surface area contributed by atoms with Gasteiger partial charge < -0.3 is 4.74 Å². The second-order valence-corrected chi connectivity index (χ2v) is 5.16. The lowest BCUT2D eigenvalue weighted by Crippen LogP contribution is -1.97. The summed E-state index contributed by atoms with van der Waals surface area (Å²) in [7, 11) is 0. The fourth-order valence-electron chi connectivity index (χ4n) is 1.36. The molecule has 0 aliphatic carbocycles. The van der Waals surface area contributed by atoms with Crippen molar-refractivity contribution in [3.05, 3.63) is 62.8 Å². The average molecular weight is 360 g/mol. The summed E-state index contributed by atoms with van der Waals surface area (Å²) in [5.74, 6) is 0.505. The Labute approximate surface area is 116 Å². The van der Waals surface area contributed by atoms with Gasteiger partial charge in [0.05, 0.1) is 4.47 Å². The molecule has 17 heavy (non-hydrogen) atoms. The number of rotatable bonds is 3. The molecule has 2 aromatic carbocycles. The van der Waals surface area contributed by atoms with Crippen molar-refractivity contribution in [1.29, 1.82) is 0 Å². The molecule has 0 fully saturated rings. The molecule has 0 amide bonds. The highest BCUT2D eigenvalue weighted by Gasteiger charge is 2.04. The fourth-order valence-corrected chi connectivity index (χ4v) is 2.22. The Morgan fingerprint density at radius 2 is 1.76 bits per heavy atom. The first-order valence-electron chi connectivity index (χ1n) is 4.98. The molecule has 0 aliphatic rings. The minimum atomic E-state index is -0.262. The minimum Gasteiger partial charge on any atom is -0.488 e. The third kappa shape index (κ3) is 3.30. The number of hydrogen-bond acceptors (Lipinski definition) is 1. The molecule has 0 atom stereocenters. The predicted octanol–water partition coefficient (Wildman–Crippen LogP) is 4.93. The fraction of sp³-hybridized carbons (Fsp3) is 0.0769. The van der Waals surface area contributed by atoms with Crippen molar-refractivity contribution < 1.29 is 9.13 Å². The van der Waals surface area contributed by atoms with Crippen LogP contribution in [0.2, 0.25) is 0 Å². The monoisotopic (exact) mass is 358 g/mol. The highest BCUT2D eigenvalue weighted by Crippen LogP contribution is 2.26. The average Bonchev–Trinajstić information content (AvgIpc) is 2.30. The molecule has 0 bridgehead atoms. The van der Waals surface area contributed by atoms with Crippen molar-refractivity contribution in [1.82, 2.24) is 0 Å². The van der Waals surface area contributed by atoms with Crippen LogP contribution in [0.3, 0.4) is 0 Å². The Bertz CT molecular complexity index is 529. The zero-order chi connectivity index (χ0) is 12.3. The quantitative estimate of drug-likeness (QED) is 0.754. The Kier molecular flexibility index (Phi) is 4.18. The first kappa shape index (κ1) is 12.6. The molecule has 4 heteroatoms. The van der Waals surface area contributed by atoms with Crippen molar-refractivity contribution in [2.45, 2.75) is 6.61 Å². The standard InChI is InChI=1S/C13H9Br2FO/c14-11-3-1-2-4-13(11)17-8-9-5-6-10(16)7-12(9)15/h1-7H,8H2. The zero-order valence-electron chi connectivity index (χ0n) is 8.79. The van der Waals surface area contributed by atoms with Gasteiger partial charge in [-0.25, -0.2) is 4.39 Å². The van der Waals surface area contributed by atoms with Gasteiger partial charge in [-0.3, -0.25) is 0 Å². The van der Waals surface area contributed by atoms with E-state index in [0.717, 1.165) is 15.8 Å². The van der Waals surface area contributed by atoms with E-state index in [1.807, 2.05) is 24.3 Å². The van der Waals surface area contributed by atoms with Gasteiger partial charge in [-0.2, -0.15) is 0 Å². The summed E-state index contributed by atoms with van der Waals surface area (Å²) < 4.78 is 20.2. The SMILES string of the molecule is Fc1ccc(COc2ccccc2Br)c(Br)c1. The van der Waals surface area contributed by atoms with Crippen LogP contribution in [-0.2, 0) is 6.61 Å². The molecule has 0 saturated carbocycles. The number of ether oxygens (including phenoxy) is 1. The normalized spacial score (nSPS) is 10.3. The van der Waals surface area contributed by atoms with Crippen LogP contribution in [-0.4, -0.2) is 0 Å². The van der Waals surface area contributed by atoms with Gasteiger partial charge in [-0.05, 0) is 40.2 Å². The van der Waals surface area contributed by atoms with Gasteiger partial charge in [-0.15, -0.1) is 0 Å². The predicted molar refractivity (Wildman–Crippen MR) is 72.6 cm³/mol. The van der Waals surface area contributed by atoms with Crippen LogP contribution in [0.15, 0.2) is 51.4 Å². The summed E-state index contributed by atoms with van der Waals surface area (Å²) in [6.45, 7) is 0.392. The third-order valence-electron chi connectivity index (χ3n) is 2.23. The van der Waals surface area contributed by atoms with Crippen LogP contribution in [0, 0.1) is 5.82 Å². The first-order valence-corrected chi connectivity index (χ1v) is 6.56. The van der Waals surface area contributed by atoms with E-state index < -0.39 is 0 Å². The molecule has 0 radical (unpaired) electrons. The molecule has 0 saturated heterocycles. The zero-order valence-corrected chi connectivity index (χ0v) is 12.0. The molecule has 2 aromatic rings. The Morgan fingerprint density at radius 3 is 2.47 bits per heavy atom. The second kappa shape index (κ2) is 5.65. The summed E-state index contributed by atoms with van der Waals surface area (Å²) in [5.41, 5.74) is 0.905. The lowest BCUT2D eigenvalue weighted by molar-refractivity contribution is 0.303. The third-order valence-corrected chi connectivity index (χ3v) is 3.63. The molecule has 0 N–H and O–H groups in total. The van der Waals surface area contributed by atoms with E-state index in [1.54, 1.807) is 6.07 Å². The van der Waals surface area contributed by atoms with Crippen molar-refractivity contribution in [2.75, 3.05) is 0 Å². The maximum atomic E-state index is 12.9. The second-order valence-electron chi connectivity index (χ2n) is 3.45. The van der Waals surface area contributed by atoms with E-state index in [1.165, 1.54) is 12.1 Å². The molecule has 0 aromatic heterocycles. The van der Waals surface area contributed by atoms with E-state index >= 15 is 0 Å². The van der Waals surface area contributed by atoms with Crippen LogP contribution in [0.1, 0.15) is 5.56 Å². The van der Waals surface area contributed by atoms with Crippen LogP contribution in [0.4, 0.5) is 4.39 Å². The van der Waals surface area contributed by atoms with E-state index in [4.69, 9.17) is 4.74 Å². The Balaban J connectivity index is 2.10. The summed E-state index contributed by atoms with van der Waals surface area (Å²) in [6, 6.07) is 12.2. The van der Waals surface area contributed by atoms with E-state index in [9.17, 15) is 4.39 Å². The number of hydrogen-bond donors (Lipinski definition) is 0. The molecule has 0 heterocycles. The van der Waals surface area contributed by atoms with Crippen LogP contribution in [0.5, 0.6) is 5.75 Å². The molecule has 0 spiro atoms. The van der Waals surface area contributed by atoms with E-state index in [0.29, 0.717) is 11.1 Å². The van der Waals surface area contributed by atoms with Gasteiger partial charge in [0.15, 0.2) is 0 Å². The van der Waals surface area contributed by atoms with Gasteiger partial charge in [0.1, 0.15) is 18.2 Å². The van der Waals surface area contributed by atoms with Crippen molar-refractivity contribution in [3.63, 3.8) is 0 Å². The lowest BCUT2D eigenvalue weighted by Gasteiger charge is -2.09. The topological polar surface area (TPSA) is 9.23 Å². The number of halogens is 3. The maximum Gasteiger partial charge on any atom is 0.133 e. The van der Waals surface area contributed by atoms with Gasteiger partial charge in [0, 0.05) is 10.0 Å². The number of para-hydroxylation sites is 1. The molecule has 0 unspecified atom stereocenters. The van der Waals surface area contributed by atoms with Gasteiger partial charge >= 0.3 is 0 Å².